The second kappa shape index (κ2) is 9.53. The molecule has 0 saturated carbocycles. The fraction of sp³-hybridized carbons (Fsp3) is 0.320. The van der Waals surface area contributed by atoms with Gasteiger partial charge in [-0.3, -0.25) is 9.59 Å². The lowest BCUT2D eigenvalue weighted by atomic mass is 10.1. The standard InChI is InChI=1S/C25H29N3O2/c1-5-6-7-12-23-18(3)27-28(19(23)4)25(30)20-13-15-21(16-14-20)26-24(29)22-11-9-8-10-17(22)2/h8-11,13-16H,5-7,12H2,1-4H3,(H,26,29). The highest BCUT2D eigenvalue weighted by Gasteiger charge is 2.18. The van der Waals surface area contributed by atoms with Gasteiger partial charge in [0.15, 0.2) is 0 Å². The zero-order valence-electron chi connectivity index (χ0n) is 18.2. The summed E-state index contributed by atoms with van der Waals surface area (Å²) in [7, 11) is 0. The Kier molecular flexibility index (Phi) is 6.83. The van der Waals surface area contributed by atoms with Crippen molar-refractivity contribution in [1.29, 1.82) is 0 Å². The number of amides is 1. The average Bonchev–Trinajstić information content (AvgIpc) is 3.02. The molecule has 30 heavy (non-hydrogen) atoms. The minimum atomic E-state index is -0.164. The Hall–Kier alpha value is -3.21. The van der Waals surface area contributed by atoms with E-state index < -0.39 is 0 Å². The van der Waals surface area contributed by atoms with E-state index in [0.717, 1.165) is 36.2 Å². The zero-order valence-corrected chi connectivity index (χ0v) is 18.2. The summed E-state index contributed by atoms with van der Waals surface area (Å²) in [5.74, 6) is -0.323. The van der Waals surface area contributed by atoms with Gasteiger partial charge in [0.2, 0.25) is 0 Å². The number of benzene rings is 2. The van der Waals surface area contributed by atoms with Crippen LogP contribution in [0.2, 0.25) is 0 Å². The van der Waals surface area contributed by atoms with Crippen molar-refractivity contribution in [2.75, 3.05) is 5.32 Å². The Morgan fingerprint density at radius 2 is 1.67 bits per heavy atom. The average molecular weight is 404 g/mol. The highest BCUT2D eigenvalue weighted by Crippen LogP contribution is 2.19. The van der Waals surface area contributed by atoms with Crippen LogP contribution >= 0.6 is 0 Å². The highest BCUT2D eigenvalue weighted by molar-refractivity contribution is 6.05. The molecule has 1 N–H and O–H groups in total. The fourth-order valence-electron chi connectivity index (χ4n) is 3.63. The number of hydrogen-bond acceptors (Lipinski definition) is 3. The molecule has 5 nitrogen and oxygen atoms in total. The third-order valence-electron chi connectivity index (χ3n) is 5.44. The molecule has 2 aromatic carbocycles. The van der Waals surface area contributed by atoms with E-state index in [4.69, 9.17) is 0 Å². The number of nitrogens with zero attached hydrogens (tertiary/aromatic N) is 2. The molecule has 1 aromatic heterocycles. The second-order valence-corrected chi connectivity index (χ2v) is 7.67. The van der Waals surface area contributed by atoms with Gasteiger partial charge in [0, 0.05) is 22.5 Å². The van der Waals surface area contributed by atoms with Gasteiger partial charge >= 0.3 is 0 Å². The number of rotatable bonds is 7. The van der Waals surface area contributed by atoms with Gasteiger partial charge in [-0.05, 0) is 75.1 Å². The number of carbonyl (C=O) groups is 2. The highest BCUT2D eigenvalue weighted by atomic mass is 16.2. The molecule has 0 fully saturated rings. The predicted molar refractivity (Wildman–Crippen MR) is 120 cm³/mol. The maximum atomic E-state index is 13.0. The van der Waals surface area contributed by atoms with Crippen molar-refractivity contribution in [2.45, 2.75) is 53.4 Å². The molecule has 0 aliphatic heterocycles. The monoisotopic (exact) mass is 403 g/mol. The van der Waals surface area contributed by atoms with Crippen LogP contribution in [0.5, 0.6) is 0 Å². The van der Waals surface area contributed by atoms with Crippen LogP contribution in [0, 0.1) is 20.8 Å². The lowest BCUT2D eigenvalue weighted by Gasteiger charge is -2.09. The molecule has 0 bridgehead atoms. The first-order valence-electron chi connectivity index (χ1n) is 10.5. The first-order chi connectivity index (χ1) is 14.4. The summed E-state index contributed by atoms with van der Waals surface area (Å²) in [6.45, 7) is 8.00. The van der Waals surface area contributed by atoms with E-state index in [2.05, 4.69) is 17.3 Å². The van der Waals surface area contributed by atoms with Gasteiger partial charge in [-0.15, -0.1) is 0 Å². The Morgan fingerprint density at radius 3 is 2.33 bits per heavy atom. The molecule has 0 atom stereocenters. The lowest BCUT2D eigenvalue weighted by Crippen LogP contribution is -2.16. The van der Waals surface area contributed by atoms with Crippen LogP contribution in [0.4, 0.5) is 5.69 Å². The molecule has 1 heterocycles. The fourth-order valence-corrected chi connectivity index (χ4v) is 3.63. The molecule has 0 saturated heterocycles. The molecule has 0 spiro atoms. The maximum Gasteiger partial charge on any atom is 0.278 e. The normalized spacial score (nSPS) is 10.8. The van der Waals surface area contributed by atoms with Gasteiger partial charge in [0.05, 0.1) is 5.69 Å². The van der Waals surface area contributed by atoms with E-state index in [1.54, 1.807) is 30.3 Å². The molecule has 5 heteroatoms. The molecule has 3 rings (SSSR count). The summed E-state index contributed by atoms with van der Waals surface area (Å²) in [6, 6.07) is 14.4. The minimum absolute atomic E-state index is 0.158. The van der Waals surface area contributed by atoms with Crippen molar-refractivity contribution in [3.63, 3.8) is 0 Å². The van der Waals surface area contributed by atoms with E-state index in [9.17, 15) is 9.59 Å². The van der Waals surface area contributed by atoms with Crippen LogP contribution in [0.1, 0.15) is 69.4 Å². The molecule has 1 amide bonds. The summed E-state index contributed by atoms with van der Waals surface area (Å²) >= 11 is 0. The smallest absolute Gasteiger partial charge is 0.278 e. The number of hydrogen-bond donors (Lipinski definition) is 1. The predicted octanol–water partition coefficient (Wildman–Crippen LogP) is 5.48. The van der Waals surface area contributed by atoms with E-state index in [-0.39, 0.29) is 11.8 Å². The Morgan fingerprint density at radius 1 is 0.967 bits per heavy atom. The number of carbonyl (C=O) groups excluding carboxylic acids is 2. The molecule has 3 aromatic rings. The van der Waals surface area contributed by atoms with Crippen molar-refractivity contribution < 1.29 is 9.59 Å². The quantitative estimate of drug-likeness (QED) is 0.531. The maximum absolute atomic E-state index is 13.0. The second-order valence-electron chi connectivity index (χ2n) is 7.67. The Labute approximate surface area is 178 Å². The number of aryl methyl sites for hydroxylation is 2. The van der Waals surface area contributed by atoms with Gasteiger partial charge in [0.1, 0.15) is 0 Å². The van der Waals surface area contributed by atoms with E-state index in [0.29, 0.717) is 16.8 Å². The van der Waals surface area contributed by atoms with Gasteiger partial charge in [-0.1, -0.05) is 38.0 Å². The third-order valence-corrected chi connectivity index (χ3v) is 5.44. The largest absolute Gasteiger partial charge is 0.322 e. The van der Waals surface area contributed by atoms with Crippen LogP contribution < -0.4 is 5.32 Å². The SMILES string of the molecule is CCCCCc1c(C)nn(C(=O)c2ccc(NC(=O)c3ccccc3C)cc2)c1C. The number of aromatic nitrogens is 2. The first kappa shape index (κ1) is 21.5. The molecule has 156 valence electrons. The van der Waals surface area contributed by atoms with E-state index in [1.807, 2.05) is 39.0 Å². The van der Waals surface area contributed by atoms with Gasteiger partial charge < -0.3 is 5.32 Å². The summed E-state index contributed by atoms with van der Waals surface area (Å²) in [5, 5.41) is 7.37. The molecular weight excluding hydrogens is 374 g/mol. The van der Waals surface area contributed by atoms with Crippen LogP contribution in [0.15, 0.2) is 48.5 Å². The first-order valence-corrected chi connectivity index (χ1v) is 10.5. The molecule has 0 unspecified atom stereocenters. The zero-order chi connectivity index (χ0) is 21.7. The minimum Gasteiger partial charge on any atom is -0.322 e. The van der Waals surface area contributed by atoms with Gasteiger partial charge in [-0.2, -0.15) is 5.10 Å². The molecule has 0 aliphatic rings. The van der Waals surface area contributed by atoms with Crippen molar-refractivity contribution in [3.05, 3.63) is 82.2 Å². The number of nitrogens with one attached hydrogen (secondary N) is 1. The number of anilines is 1. The van der Waals surface area contributed by atoms with Crippen molar-refractivity contribution in [1.82, 2.24) is 9.78 Å². The summed E-state index contributed by atoms with van der Waals surface area (Å²) < 4.78 is 1.50. The van der Waals surface area contributed by atoms with Crippen molar-refractivity contribution in [2.24, 2.45) is 0 Å². The van der Waals surface area contributed by atoms with Crippen LogP contribution in [0.25, 0.3) is 0 Å². The third kappa shape index (κ3) is 4.67. The topological polar surface area (TPSA) is 64.0 Å². The Balaban J connectivity index is 1.73. The van der Waals surface area contributed by atoms with Crippen LogP contribution in [0.3, 0.4) is 0 Å². The lowest BCUT2D eigenvalue weighted by molar-refractivity contribution is 0.0941. The Bertz CT molecular complexity index is 1050. The van der Waals surface area contributed by atoms with Crippen molar-refractivity contribution in [3.8, 4) is 0 Å². The summed E-state index contributed by atoms with van der Waals surface area (Å²) in [5.41, 5.74) is 5.73. The molecule has 0 aliphatic carbocycles. The molecule has 0 radical (unpaired) electrons. The summed E-state index contributed by atoms with van der Waals surface area (Å²) in [6.07, 6.45) is 4.39. The summed E-state index contributed by atoms with van der Waals surface area (Å²) in [4.78, 5) is 25.5. The van der Waals surface area contributed by atoms with Gasteiger partial charge in [0.25, 0.3) is 11.8 Å². The molecular formula is C25H29N3O2. The van der Waals surface area contributed by atoms with Gasteiger partial charge in [-0.25, -0.2) is 4.68 Å². The number of unbranched alkanes of at least 4 members (excludes halogenated alkanes) is 2. The van der Waals surface area contributed by atoms with Crippen LogP contribution in [-0.2, 0) is 6.42 Å². The van der Waals surface area contributed by atoms with Crippen LogP contribution in [-0.4, -0.2) is 21.6 Å². The van der Waals surface area contributed by atoms with E-state index in [1.165, 1.54) is 16.7 Å². The van der Waals surface area contributed by atoms with Crippen molar-refractivity contribution >= 4 is 17.5 Å². The van der Waals surface area contributed by atoms with E-state index >= 15 is 0 Å².